The van der Waals surface area contributed by atoms with Crippen molar-refractivity contribution in [3.05, 3.63) is 53.4 Å². The number of aromatic nitrogens is 2. The zero-order valence-corrected chi connectivity index (χ0v) is 16.9. The summed E-state index contributed by atoms with van der Waals surface area (Å²) in [5.41, 5.74) is 0.988. The average molecular weight is 420 g/mol. The maximum atomic E-state index is 13.5. The van der Waals surface area contributed by atoms with E-state index in [1.165, 1.54) is 4.31 Å². The number of halogens is 1. The molecule has 2 aromatic carbocycles. The van der Waals surface area contributed by atoms with Gasteiger partial charge in [-0.25, -0.2) is 8.42 Å². The van der Waals surface area contributed by atoms with Gasteiger partial charge < -0.3 is 9.26 Å². The van der Waals surface area contributed by atoms with E-state index >= 15 is 0 Å². The van der Waals surface area contributed by atoms with Gasteiger partial charge in [0.25, 0.3) is 10.0 Å². The van der Waals surface area contributed by atoms with Gasteiger partial charge in [0.15, 0.2) is 0 Å². The van der Waals surface area contributed by atoms with Crippen molar-refractivity contribution in [3.8, 4) is 17.1 Å². The summed E-state index contributed by atoms with van der Waals surface area (Å²) in [4.78, 5) is 4.30. The van der Waals surface area contributed by atoms with E-state index in [4.69, 9.17) is 20.9 Å². The Hall–Kier alpha value is -2.58. The van der Waals surface area contributed by atoms with Gasteiger partial charge in [-0.1, -0.05) is 35.8 Å². The molecule has 1 atom stereocenters. The molecule has 1 aliphatic rings. The van der Waals surface area contributed by atoms with Crippen molar-refractivity contribution in [2.75, 3.05) is 10.8 Å². The molecule has 0 aliphatic carbocycles. The van der Waals surface area contributed by atoms with Gasteiger partial charge in [0.2, 0.25) is 11.7 Å². The van der Waals surface area contributed by atoms with Gasteiger partial charge in [0.1, 0.15) is 11.9 Å². The van der Waals surface area contributed by atoms with Gasteiger partial charge in [0.05, 0.1) is 17.1 Å². The van der Waals surface area contributed by atoms with Crippen LogP contribution in [0.15, 0.2) is 51.9 Å². The molecule has 1 unspecified atom stereocenters. The van der Waals surface area contributed by atoms with Gasteiger partial charge in [-0.3, -0.25) is 4.31 Å². The van der Waals surface area contributed by atoms with Crippen LogP contribution in [0.3, 0.4) is 0 Å². The maximum Gasteiger partial charge on any atom is 0.264 e. The standard InChI is InChI=1S/C19H18ClN3O4S/c1-3-15-11-23(17-10-14(20)7-8-18(17)26-15)28(24,25)16-6-4-5-13(9-16)19-21-12(2)27-22-19/h4-10,15H,3,11H2,1-2H3. The first-order valence-electron chi connectivity index (χ1n) is 8.78. The molecule has 28 heavy (non-hydrogen) atoms. The highest BCUT2D eigenvalue weighted by molar-refractivity contribution is 7.92. The Morgan fingerprint density at radius 3 is 2.79 bits per heavy atom. The molecule has 0 spiro atoms. The van der Waals surface area contributed by atoms with Gasteiger partial charge in [0, 0.05) is 17.5 Å². The van der Waals surface area contributed by atoms with Gasteiger partial charge in [-0.15, -0.1) is 0 Å². The molecule has 9 heteroatoms. The molecule has 0 bridgehead atoms. The Morgan fingerprint density at radius 1 is 1.25 bits per heavy atom. The van der Waals surface area contributed by atoms with E-state index in [1.807, 2.05) is 6.92 Å². The van der Waals surface area contributed by atoms with E-state index in [0.29, 0.717) is 40.2 Å². The Morgan fingerprint density at radius 2 is 2.07 bits per heavy atom. The Labute approximate surface area is 167 Å². The summed E-state index contributed by atoms with van der Waals surface area (Å²) in [5, 5.41) is 4.30. The summed E-state index contributed by atoms with van der Waals surface area (Å²) in [6.45, 7) is 3.84. The molecule has 146 valence electrons. The lowest BCUT2D eigenvalue weighted by Gasteiger charge is -2.35. The minimum Gasteiger partial charge on any atom is -0.486 e. The number of rotatable bonds is 4. The molecular formula is C19H18ClN3O4S. The third-order valence-corrected chi connectivity index (χ3v) is 6.53. The Kier molecular flexibility index (Phi) is 4.76. The fourth-order valence-corrected chi connectivity index (χ4v) is 4.78. The number of hydrogen-bond donors (Lipinski definition) is 0. The van der Waals surface area contributed by atoms with Crippen molar-refractivity contribution in [1.29, 1.82) is 0 Å². The summed E-state index contributed by atoms with van der Waals surface area (Å²) in [7, 11) is -3.85. The van der Waals surface area contributed by atoms with Crippen molar-refractivity contribution in [2.45, 2.75) is 31.3 Å². The van der Waals surface area contributed by atoms with Crippen LogP contribution in [0.25, 0.3) is 11.4 Å². The second-order valence-electron chi connectivity index (χ2n) is 6.46. The predicted octanol–water partition coefficient (Wildman–Crippen LogP) is 4.06. The van der Waals surface area contributed by atoms with Gasteiger partial charge >= 0.3 is 0 Å². The molecule has 1 aromatic heterocycles. The van der Waals surface area contributed by atoms with Crippen LogP contribution >= 0.6 is 11.6 Å². The van der Waals surface area contributed by atoms with E-state index in [0.717, 1.165) is 0 Å². The minimum absolute atomic E-state index is 0.134. The first-order chi connectivity index (χ1) is 13.4. The molecular weight excluding hydrogens is 402 g/mol. The lowest BCUT2D eigenvalue weighted by molar-refractivity contribution is 0.196. The van der Waals surface area contributed by atoms with Crippen LogP contribution in [0.1, 0.15) is 19.2 Å². The fraction of sp³-hybridized carbons (Fsp3) is 0.263. The molecule has 0 saturated carbocycles. The van der Waals surface area contributed by atoms with Crippen LogP contribution in [0, 0.1) is 6.92 Å². The van der Waals surface area contributed by atoms with E-state index in [1.54, 1.807) is 49.4 Å². The van der Waals surface area contributed by atoms with E-state index in [2.05, 4.69) is 10.1 Å². The van der Waals surface area contributed by atoms with Crippen LogP contribution in [-0.4, -0.2) is 31.2 Å². The number of anilines is 1. The zero-order chi connectivity index (χ0) is 19.9. The maximum absolute atomic E-state index is 13.5. The zero-order valence-electron chi connectivity index (χ0n) is 15.3. The summed E-state index contributed by atoms with van der Waals surface area (Å²) in [5.74, 6) is 1.24. The molecule has 0 radical (unpaired) electrons. The third-order valence-electron chi connectivity index (χ3n) is 4.52. The topological polar surface area (TPSA) is 85.5 Å². The summed E-state index contributed by atoms with van der Waals surface area (Å²) >= 11 is 6.11. The normalized spacial score (nSPS) is 16.5. The van der Waals surface area contributed by atoms with E-state index < -0.39 is 10.0 Å². The van der Waals surface area contributed by atoms with Crippen molar-refractivity contribution < 1.29 is 17.7 Å². The molecule has 3 aromatic rings. The van der Waals surface area contributed by atoms with E-state index in [-0.39, 0.29) is 17.5 Å². The van der Waals surface area contributed by atoms with E-state index in [9.17, 15) is 8.42 Å². The second kappa shape index (κ2) is 7.10. The van der Waals surface area contributed by atoms with Crippen molar-refractivity contribution in [1.82, 2.24) is 10.1 Å². The molecule has 2 heterocycles. The first kappa shape index (κ1) is 18.8. The van der Waals surface area contributed by atoms with Crippen LogP contribution < -0.4 is 9.04 Å². The number of fused-ring (bicyclic) bond motifs is 1. The lowest BCUT2D eigenvalue weighted by atomic mass is 10.2. The average Bonchev–Trinajstić information content (AvgIpc) is 3.13. The third kappa shape index (κ3) is 3.33. The Balaban J connectivity index is 1.79. The minimum atomic E-state index is -3.85. The highest BCUT2D eigenvalue weighted by Gasteiger charge is 2.34. The molecule has 1 aliphatic heterocycles. The number of hydrogen-bond acceptors (Lipinski definition) is 6. The SMILES string of the molecule is CCC1CN(S(=O)(=O)c2cccc(-c3noc(C)n3)c2)c2cc(Cl)ccc2O1. The van der Waals surface area contributed by atoms with Crippen molar-refractivity contribution in [2.24, 2.45) is 0 Å². The summed E-state index contributed by atoms with van der Waals surface area (Å²) in [6, 6.07) is 11.5. The highest BCUT2D eigenvalue weighted by atomic mass is 35.5. The van der Waals surface area contributed by atoms with Crippen LogP contribution in [0.4, 0.5) is 5.69 Å². The summed E-state index contributed by atoms with van der Waals surface area (Å²) < 4.78 is 39.2. The number of nitrogens with zero attached hydrogens (tertiary/aromatic N) is 3. The largest absolute Gasteiger partial charge is 0.486 e. The summed E-state index contributed by atoms with van der Waals surface area (Å²) in [6.07, 6.45) is 0.433. The second-order valence-corrected chi connectivity index (χ2v) is 8.76. The van der Waals surface area contributed by atoms with Gasteiger partial charge in [-0.05, 0) is 36.8 Å². The quantitative estimate of drug-likeness (QED) is 0.633. The molecule has 0 saturated heterocycles. The lowest BCUT2D eigenvalue weighted by Crippen LogP contribution is -2.43. The number of ether oxygens (including phenoxy) is 1. The van der Waals surface area contributed by atoms with Crippen LogP contribution in [0.5, 0.6) is 5.75 Å². The molecule has 0 N–H and O–H groups in total. The fourth-order valence-electron chi connectivity index (χ4n) is 3.06. The Bertz CT molecular complexity index is 1130. The number of aryl methyl sites for hydroxylation is 1. The molecule has 0 amide bonds. The molecule has 4 rings (SSSR count). The van der Waals surface area contributed by atoms with Crippen molar-refractivity contribution in [3.63, 3.8) is 0 Å². The number of benzene rings is 2. The monoisotopic (exact) mass is 419 g/mol. The first-order valence-corrected chi connectivity index (χ1v) is 10.6. The predicted molar refractivity (Wildman–Crippen MR) is 105 cm³/mol. The van der Waals surface area contributed by atoms with Crippen molar-refractivity contribution >= 4 is 27.3 Å². The number of sulfonamides is 1. The molecule has 7 nitrogen and oxygen atoms in total. The van der Waals surface area contributed by atoms with Crippen LogP contribution in [-0.2, 0) is 10.0 Å². The smallest absolute Gasteiger partial charge is 0.264 e. The van der Waals surface area contributed by atoms with Crippen LogP contribution in [0.2, 0.25) is 5.02 Å². The van der Waals surface area contributed by atoms with Gasteiger partial charge in [-0.2, -0.15) is 4.98 Å². The molecule has 0 fully saturated rings. The highest BCUT2D eigenvalue weighted by Crippen LogP contribution is 2.39.